The van der Waals surface area contributed by atoms with Gasteiger partial charge in [0.1, 0.15) is 5.76 Å². The van der Waals surface area contributed by atoms with E-state index < -0.39 is 0 Å². The molecule has 2 aromatic rings. The van der Waals surface area contributed by atoms with Gasteiger partial charge in [-0.15, -0.1) is 0 Å². The number of likely N-dealkylation sites (tertiary alicyclic amines) is 1. The Morgan fingerprint density at radius 2 is 2.47 bits per heavy atom. The van der Waals surface area contributed by atoms with Crippen LogP contribution in [0.15, 0.2) is 29.0 Å². The van der Waals surface area contributed by atoms with Crippen LogP contribution in [-0.4, -0.2) is 32.9 Å². The van der Waals surface area contributed by atoms with Gasteiger partial charge in [-0.2, -0.15) is 5.10 Å². The summed E-state index contributed by atoms with van der Waals surface area (Å²) in [7, 11) is 0. The number of aromatic nitrogens is 3. The average Bonchev–Trinajstić information content (AvgIpc) is 3.00. The molecule has 2 aromatic heterocycles. The molecule has 3 heterocycles. The lowest BCUT2D eigenvalue weighted by molar-refractivity contribution is 0.297. The lowest BCUT2D eigenvalue weighted by atomic mass is 10.3. The summed E-state index contributed by atoms with van der Waals surface area (Å²) in [6.07, 6.45) is 5.02. The zero-order valence-electron chi connectivity index (χ0n) is 9.91. The van der Waals surface area contributed by atoms with Gasteiger partial charge in [-0.05, 0) is 19.4 Å². The standard InChI is InChI=1S/C12H16N4O/c1-10-7-11(14-17-10)8-15-6-3-12(9-15)16-5-2-4-13-16/h2,4-5,7,12H,3,6,8-9H2,1H3. The minimum absolute atomic E-state index is 0.498. The SMILES string of the molecule is Cc1cc(CN2CCC(n3cccn3)C2)no1. The third-order valence-corrected chi connectivity index (χ3v) is 3.21. The first-order valence-electron chi connectivity index (χ1n) is 5.95. The largest absolute Gasteiger partial charge is 0.361 e. The van der Waals surface area contributed by atoms with E-state index in [1.54, 1.807) is 0 Å². The second kappa shape index (κ2) is 4.33. The maximum Gasteiger partial charge on any atom is 0.133 e. The number of nitrogens with zero attached hydrogens (tertiary/aromatic N) is 4. The fourth-order valence-electron chi connectivity index (χ4n) is 2.39. The normalized spacial score (nSPS) is 21.1. The molecule has 0 radical (unpaired) electrons. The fourth-order valence-corrected chi connectivity index (χ4v) is 2.39. The van der Waals surface area contributed by atoms with E-state index in [-0.39, 0.29) is 0 Å². The van der Waals surface area contributed by atoms with Crippen LogP contribution in [0.4, 0.5) is 0 Å². The van der Waals surface area contributed by atoms with Gasteiger partial charge in [0.2, 0.25) is 0 Å². The highest BCUT2D eigenvalue weighted by molar-refractivity contribution is 5.03. The second-order valence-corrected chi connectivity index (χ2v) is 4.59. The van der Waals surface area contributed by atoms with Crippen molar-refractivity contribution in [1.82, 2.24) is 19.8 Å². The monoisotopic (exact) mass is 232 g/mol. The molecule has 1 atom stereocenters. The lowest BCUT2D eigenvalue weighted by Crippen LogP contribution is -2.21. The molecule has 0 amide bonds. The fraction of sp³-hybridized carbons (Fsp3) is 0.500. The predicted octanol–water partition coefficient (Wildman–Crippen LogP) is 1.63. The molecular formula is C12H16N4O. The van der Waals surface area contributed by atoms with Crippen LogP contribution < -0.4 is 0 Å². The molecule has 1 aliphatic rings. The summed E-state index contributed by atoms with van der Waals surface area (Å²) in [5, 5.41) is 8.33. The summed E-state index contributed by atoms with van der Waals surface area (Å²) in [5.74, 6) is 0.878. The molecule has 3 rings (SSSR count). The van der Waals surface area contributed by atoms with E-state index in [1.165, 1.54) is 0 Å². The summed E-state index contributed by atoms with van der Waals surface area (Å²) >= 11 is 0. The Labute approximate surface area is 100 Å². The highest BCUT2D eigenvalue weighted by Crippen LogP contribution is 2.22. The Balaban J connectivity index is 1.61. The molecular weight excluding hydrogens is 216 g/mol. The van der Waals surface area contributed by atoms with E-state index in [0.717, 1.165) is 37.5 Å². The van der Waals surface area contributed by atoms with E-state index in [2.05, 4.69) is 15.2 Å². The highest BCUT2D eigenvalue weighted by atomic mass is 16.5. The summed E-state index contributed by atoms with van der Waals surface area (Å²) < 4.78 is 7.13. The van der Waals surface area contributed by atoms with Crippen LogP contribution >= 0.6 is 0 Å². The van der Waals surface area contributed by atoms with Crippen molar-refractivity contribution in [2.75, 3.05) is 13.1 Å². The summed E-state index contributed by atoms with van der Waals surface area (Å²) in [4.78, 5) is 2.39. The summed E-state index contributed by atoms with van der Waals surface area (Å²) in [6, 6.07) is 4.48. The van der Waals surface area contributed by atoms with Gasteiger partial charge >= 0.3 is 0 Å². The van der Waals surface area contributed by atoms with Crippen molar-refractivity contribution < 1.29 is 4.52 Å². The minimum atomic E-state index is 0.498. The number of hydrogen-bond donors (Lipinski definition) is 0. The van der Waals surface area contributed by atoms with Gasteiger partial charge in [0.15, 0.2) is 0 Å². The molecule has 0 N–H and O–H groups in total. The minimum Gasteiger partial charge on any atom is -0.361 e. The molecule has 0 aliphatic carbocycles. The van der Waals surface area contributed by atoms with Crippen LogP contribution in [0, 0.1) is 6.92 Å². The molecule has 90 valence electrons. The van der Waals surface area contributed by atoms with E-state index >= 15 is 0 Å². The van der Waals surface area contributed by atoms with Crippen LogP contribution in [0.25, 0.3) is 0 Å². The van der Waals surface area contributed by atoms with Crippen molar-refractivity contribution in [3.05, 3.63) is 36.0 Å². The first-order chi connectivity index (χ1) is 8.31. The first-order valence-corrected chi connectivity index (χ1v) is 5.95. The first kappa shape index (κ1) is 10.5. The molecule has 1 unspecified atom stereocenters. The zero-order chi connectivity index (χ0) is 11.7. The van der Waals surface area contributed by atoms with E-state index in [0.29, 0.717) is 6.04 Å². The zero-order valence-corrected chi connectivity index (χ0v) is 9.91. The van der Waals surface area contributed by atoms with Gasteiger partial charge < -0.3 is 4.52 Å². The Morgan fingerprint density at radius 3 is 3.18 bits per heavy atom. The average molecular weight is 232 g/mol. The van der Waals surface area contributed by atoms with Crippen molar-refractivity contribution in [3.8, 4) is 0 Å². The maximum atomic E-state index is 5.08. The van der Waals surface area contributed by atoms with Gasteiger partial charge in [-0.1, -0.05) is 5.16 Å². The van der Waals surface area contributed by atoms with Crippen LogP contribution in [-0.2, 0) is 6.54 Å². The Hall–Kier alpha value is -1.62. The van der Waals surface area contributed by atoms with Gasteiger partial charge in [0, 0.05) is 38.1 Å². The van der Waals surface area contributed by atoms with Crippen molar-refractivity contribution in [3.63, 3.8) is 0 Å². The van der Waals surface area contributed by atoms with E-state index in [1.807, 2.05) is 36.1 Å². The van der Waals surface area contributed by atoms with Gasteiger partial charge in [-0.25, -0.2) is 0 Å². The van der Waals surface area contributed by atoms with Crippen LogP contribution in [0.5, 0.6) is 0 Å². The van der Waals surface area contributed by atoms with Crippen molar-refractivity contribution >= 4 is 0 Å². The number of hydrogen-bond acceptors (Lipinski definition) is 4. The van der Waals surface area contributed by atoms with E-state index in [4.69, 9.17) is 4.52 Å². The summed E-state index contributed by atoms with van der Waals surface area (Å²) in [5.41, 5.74) is 1.02. The molecule has 1 aliphatic heterocycles. The molecule has 0 saturated carbocycles. The highest BCUT2D eigenvalue weighted by Gasteiger charge is 2.24. The second-order valence-electron chi connectivity index (χ2n) is 4.59. The molecule has 0 bridgehead atoms. The van der Waals surface area contributed by atoms with Gasteiger partial charge in [0.05, 0.1) is 11.7 Å². The molecule has 17 heavy (non-hydrogen) atoms. The third kappa shape index (κ3) is 2.24. The Kier molecular flexibility index (Phi) is 2.68. The smallest absolute Gasteiger partial charge is 0.133 e. The molecule has 0 aromatic carbocycles. The Bertz CT molecular complexity index is 476. The number of rotatable bonds is 3. The van der Waals surface area contributed by atoms with Crippen molar-refractivity contribution in [2.24, 2.45) is 0 Å². The topological polar surface area (TPSA) is 47.1 Å². The molecule has 5 heteroatoms. The maximum absolute atomic E-state index is 5.08. The Morgan fingerprint density at radius 1 is 1.53 bits per heavy atom. The van der Waals surface area contributed by atoms with Crippen LogP contribution in [0.2, 0.25) is 0 Å². The van der Waals surface area contributed by atoms with Crippen molar-refractivity contribution in [2.45, 2.75) is 25.9 Å². The van der Waals surface area contributed by atoms with Crippen LogP contribution in [0.1, 0.15) is 23.9 Å². The van der Waals surface area contributed by atoms with Crippen LogP contribution in [0.3, 0.4) is 0 Å². The van der Waals surface area contributed by atoms with Crippen molar-refractivity contribution in [1.29, 1.82) is 0 Å². The molecule has 5 nitrogen and oxygen atoms in total. The van der Waals surface area contributed by atoms with Gasteiger partial charge in [0.25, 0.3) is 0 Å². The molecule has 1 saturated heterocycles. The lowest BCUT2D eigenvalue weighted by Gasteiger charge is -2.14. The molecule has 0 spiro atoms. The summed E-state index contributed by atoms with van der Waals surface area (Å²) in [6.45, 7) is 4.92. The molecule has 1 fully saturated rings. The third-order valence-electron chi connectivity index (χ3n) is 3.21. The van der Waals surface area contributed by atoms with Gasteiger partial charge in [-0.3, -0.25) is 9.58 Å². The van der Waals surface area contributed by atoms with E-state index in [9.17, 15) is 0 Å². The predicted molar refractivity (Wildman–Crippen MR) is 62.4 cm³/mol. The number of aryl methyl sites for hydroxylation is 1. The quantitative estimate of drug-likeness (QED) is 0.807.